The summed E-state index contributed by atoms with van der Waals surface area (Å²) in [6, 6.07) is 11.1. The molecule has 0 saturated heterocycles. The first-order valence-corrected chi connectivity index (χ1v) is 10.4. The normalized spacial score (nSPS) is 14.7. The van der Waals surface area contributed by atoms with Gasteiger partial charge in [-0.1, -0.05) is 17.7 Å². The summed E-state index contributed by atoms with van der Waals surface area (Å²) in [5, 5.41) is 2.72. The van der Waals surface area contributed by atoms with Gasteiger partial charge < -0.3 is 9.88 Å². The van der Waals surface area contributed by atoms with Gasteiger partial charge in [0.25, 0.3) is 5.91 Å². The highest BCUT2D eigenvalue weighted by molar-refractivity contribution is 7.91. The van der Waals surface area contributed by atoms with E-state index in [0.717, 1.165) is 11.1 Å². The van der Waals surface area contributed by atoms with Crippen molar-refractivity contribution in [2.24, 2.45) is 0 Å². The van der Waals surface area contributed by atoms with Crippen molar-refractivity contribution in [1.29, 1.82) is 0 Å². The van der Waals surface area contributed by atoms with Gasteiger partial charge in [-0.15, -0.1) is 0 Å². The number of aromatic nitrogens is 2. The van der Waals surface area contributed by atoms with Gasteiger partial charge >= 0.3 is 0 Å². The van der Waals surface area contributed by atoms with Crippen molar-refractivity contribution in [3.8, 4) is 11.3 Å². The van der Waals surface area contributed by atoms with Crippen LogP contribution in [0.3, 0.4) is 0 Å². The summed E-state index contributed by atoms with van der Waals surface area (Å²) in [5.74, 6) is -0.977. The molecular weight excluding hydrogens is 381 g/mol. The number of hydrogen-bond donors (Lipinski definition) is 1. The Hall–Kier alpha value is -3.00. The lowest BCUT2D eigenvalue weighted by atomic mass is 10.1. The molecule has 0 radical (unpaired) electrons. The summed E-state index contributed by atoms with van der Waals surface area (Å²) >= 11 is 0. The van der Waals surface area contributed by atoms with Crippen LogP contribution < -0.4 is 5.32 Å². The number of sulfone groups is 1. The van der Waals surface area contributed by atoms with Gasteiger partial charge in [0.1, 0.15) is 17.2 Å². The Labute approximate surface area is 162 Å². The minimum Gasteiger partial charge on any atom is -0.320 e. The number of imidazole rings is 1. The molecule has 8 heteroatoms. The maximum Gasteiger partial charge on any atom is 0.274 e. The van der Waals surface area contributed by atoms with Gasteiger partial charge in [-0.05, 0) is 49.7 Å². The third kappa shape index (κ3) is 3.09. The average Bonchev–Trinajstić information content (AvgIpc) is 3.16. The van der Waals surface area contributed by atoms with Crippen molar-refractivity contribution < 1.29 is 17.6 Å². The summed E-state index contributed by atoms with van der Waals surface area (Å²) in [6.07, 6.45) is 0. The highest BCUT2D eigenvalue weighted by Crippen LogP contribution is 2.31. The van der Waals surface area contributed by atoms with E-state index in [9.17, 15) is 17.6 Å². The van der Waals surface area contributed by atoms with Crippen LogP contribution in [-0.4, -0.2) is 29.6 Å². The van der Waals surface area contributed by atoms with Crippen molar-refractivity contribution >= 4 is 21.4 Å². The van der Waals surface area contributed by atoms with E-state index in [0.29, 0.717) is 11.3 Å². The van der Waals surface area contributed by atoms with E-state index in [1.165, 1.54) is 28.8 Å². The molecule has 0 fully saturated rings. The Morgan fingerprint density at radius 1 is 1.14 bits per heavy atom. The summed E-state index contributed by atoms with van der Waals surface area (Å²) in [7, 11) is -3.55. The topological polar surface area (TPSA) is 81.1 Å². The second-order valence-electron chi connectivity index (χ2n) is 6.84. The van der Waals surface area contributed by atoms with Gasteiger partial charge in [-0.25, -0.2) is 17.8 Å². The van der Waals surface area contributed by atoms with Crippen LogP contribution in [0.25, 0.3) is 11.3 Å². The first kappa shape index (κ1) is 18.4. The molecule has 1 amide bonds. The lowest BCUT2D eigenvalue weighted by Gasteiger charge is -2.11. The molecule has 0 saturated carbocycles. The van der Waals surface area contributed by atoms with Crippen LogP contribution in [0.2, 0.25) is 0 Å². The Bertz CT molecular complexity index is 1200. The fraction of sp³-hybridized carbons (Fsp3) is 0.200. The number of fused-ring (bicyclic) bond motifs is 1. The standard InChI is InChI=1S/C20H18FN3O3S/c1-12-3-8-16(13(2)11-12)22-19(25)18-17(14-4-6-15(21)7-5-14)23-20-24(18)9-10-28(20,26)27/h3-8,11H,9-10H2,1-2H3,(H,22,25). The van der Waals surface area contributed by atoms with Gasteiger partial charge in [0, 0.05) is 17.8 Å². The van der Waals surface area contributed by atoms with E-state index in [1.54, 1.807) is 6.07 Å². The number of aryl methyl sites for hydroxylation is 2. The van der Waals surface area contributed by atoms with E-state index in [-0.39, 0.29) is 28.8 Å². The van der Waals surface area contributed by atoms with Crippen LogP contribution in [0, 0.1) is 19.7 Å². The number of halogens is 1. The van der Waals surface area contributed by atoms with Gasteiger partial charge in [0.15, 0.2) is 0 Å². The molecule has 0 spiro atoms. The number of amides is 1. The Balaban J connectivity index is 1.83. The van der Waals surface area contributed by atoms with Crippen molar-refractivity contribution in [1.82, 2.24) is 9.55 Å². The third-order valence-corrected chi connectivity index (χ3v) is 6.35. The molecule has 1 N–H and O–H groups in total. The SMILES string of the molecule is Cc1ccc(NC(=O)c2c(-c3ccc(F)cc3)nc3n2CCS3(=O)=O)c(C)c1. The quantitative estimate of drug-likeness (QED) is 0.732. The number of anilines is 1. The molecule has 2 heterocycles. The summed E-state index contributed by atoms with van der Waals surface area (Å²) < 4.78 is 39.3. The molecule has 3 aromatic rings. The maximum absolute atomic E-state index is 13.3. The van der Waals surface area contributed by atoms with Crippen LogP contribution in [0.4, 0.5) is 10.1 Å². The van der Waals surface area contributed by atoms with Crippen LogP contribution >= 0.6 is 0 Å². The average molecular weight is 399 g/mol. The van der Waals surface area contributed by atoms with Crippen molar-refractivity contribution in [3.05, 3.63) is 65.1 Å². The number of hydrogen-bond acceptors (Lipinski definition) is 4. The van der Waals surface area contributed by atoms with Crippen LogP contribution in [0.1, 0.15) is 21.6 Å². The first-order chi connectivity index (χ1) is 13.3. The number of benzene rings is 2. The minimum absolute atomic E-state index is 0.0944. The molecular formula is C20H18FN3O3S. The molecule has 2 aromatic carbocycles. The van der Waals surface area contributed by atoms with E-state index < -0.39 is 21.6 Å². The molecule has 1 aromatic heterocycles. The highest BCUT2D eigenvalue weighted by Gasteiger charge is 2.35. The summed E-state index contributed by atoms with van der Waals surface area (Å²) in [5.41, 5.74) is 3.45. The first-order valence-electron chi connectivity index (χ1n) is 8.74. The zero-order valence-corrected chi connectivity index (χ0v) is 16.2. The maximum atomic E-state index is 13.3. The van der Waals surface area contributed by atoms with E-state index in [4.69, 9.17) is 0 Å². The summed E-state index contributed by atoms with van der Waals surface area (Å²) in [4.78, 5) is 17.3. The second-order valence-corrected chi connectivity index (χ2v) is 8.84. The molecule has 0 unspecified atom stereocenters. The predicted octanol–water partition coefficient (Wildman–Crippen LogP) is 3.35. The number of carbonyl (C=O) groups is 1. The lowest BCUT2D eigenvalue weighted by Crippen LogP contribution is -2.18. The molecule has 0 bridgehead atoms. The minimum atomic E-state index is -3.55. The molecule has 0 aliphatic carbocycles. The van der Waals surface area contributed by atoms with Crippen LogP contribution in [-0.2, 0) is 16.4 Å². The van der Waals surface area contributed by atoms with Crippen molar-refractivity contribution in [2.45, 2.75) is 25.5 Å². The molecule has 28 heavy (non-hydrogen) atoms. The van der Waals surface area contributed by atoms with Crippen molar-refractivity contribution in [3.63, 3.8) is 0 Å². The molecule has 144 valence electrons. The van der Waals surface area contributed by atoms with Crippen LogP contribution in [0.5, 0.6) is 0 Å². The van der Waals surface area contributed by atoms with Gasteiger partial charge in [0.05, 0.1) is 5.75 Å². The second kappa shape index (κ2) is 6.56. The van der Waals surface area contributed by atoms with Crippen molar-refractivity contribution in [2.75, 3.05) is 11.1 Å². The monoisotopic (exact) mass is 399 g/mol. The molecule has 4 rings (SSSR count). The van der Waals surface area contributed by atoms with Gasteiger partial charge in [-0.3, -0.25) is 4.79 Å². The molecule has 0 atom stereocenters. The zero-order valence-electron chi connectivity index (χ0n) is 15.4. The number of carbonyl (C=O) groups excluding carboxylic acids is 1. The van der Waals surface area contributed by atoms with Crippen LogP contribution in [0.15, 0.2) is 47.6 Å². The predicted molar refractivity (Wildman–Crippen MR) is 104 cm³/mol. The Morgan fingerprint density at radius 3 is 2.54 bits per heavy atom. The van der Waals surface area contributed by atoms with E-state index in [1.807, 2.05) is 26.0 Å². The smallest absolute Gasteiger partial charge is 0.274 e. The third-order valence-electron chi connectivity index (χ3n) is 4.76. The van der Waals surface area contributed by atoms with Gasteiger partial charge in [-0.2, -0.15) is 0 Å². The lowest BCUT2D eigenvalue weighted by molar-refractivity contribution is 0.101. The molecule has 6 nitrogen and oxygen atoms in total. The number of nitrogens with zero attached hydrogens (tertiary/aromatic N) is 2. The largest absolute Gasteiger partial charge is 0.320 e. The zero-order chi connectivity index (χ0) is 20.1. The van der Waals surface area contributed by atoms with Gasteiger partial charge in [0.2, 0.25) is 15.0 Å². The highest BCUT2D eigenvalue weighted by atomic mass is 32.2. The fourth-order valence-corrected chi connectivity index (χ4v) is 4.71. The Kier molecular flexibility index (Phi) is 4.30. The number of rotatable bonds is 3. The van der Waals surface area contributed by atoms with E-state index >= 15 is 0 Å². The number of nitrogens with one attached hydrogen (secondary N) is 1. The molecule has 1 aliphatic heterocycles. The van der Waals surface area contributed by atoms with E-state index in [2.05, 4.69) is 10.3 Å². The molecule has 1 aliphatic rings. The Morgan fingerprint density at radius 2 is 1.86 bits per heavy atom. The fourth-order valence-electron chi connectivity index (χ4n) is 3.35. The summed E-state index contributed by atoms with van der Waals surface area (Å²) in [6.45, 7) is 4.00.